The number of carbonyl (C=O) groups excluding carboxylic acids is 1. The van der Waals surface area contributed by atoms with E-state index in [0.29, 0.717) is 5.91 Å². The molecular formula is C13H24N2O. The average Bonchev–Trinajstić information content (AvgIpc) is 2.98. The van der Waals surface area contributed by atoms with E-state index in [0.717, 1.165) is 44.9 Å². The van der Waals surface area contributed by atoms with Crippen molar-refractivity contribution in [1.29, 1.82) is 0 Å². The van der Waals surface area contributed by atoms with Crippen LogP contribution in [0.2, 0.25) is 0 Å². The van der Waals surface area contributed by atoms with E-state index in [9.17, 15) is 4.79 Å². The number of hydrogen-bond acceptors (Lipinski definition) is 2. The van der Waals surface area contributed by atoms with Crippen LogP contribution < -0.4 is 5.32 Å². The van der Waals surface area contributed by atoms with Gasteiger partial charge in [-0.2, -0.15) is 0 Å². The van der Waals surface area contributed by atoms with Crippen LogP contribution in [0.3, 0.4) is 0 Å². The third kappa shape index (κ3) is 1.97. The Balaban J connectivity index is 2.01. The van der Waals surface area contributed by atoms with Crippen molar-refractivity contribution in [2.24, 2.45) is 11.3 Å². The van der Waals surface area contributed by atoms with Crippen molar-refractivity contribution >= 4 is 5.91 Å². The first-order valence-electron chi connectivity index (χ1n) is 6.72. The molecule has 2 saturated heterocycles. The molecule has 92 valence electrons. The van der Waals surface area contributed by atoms with E-state index >= 15 is 0 Å². The van der Waals surface area contributed by atoms with E-state index in [4.69, 9.17) is 0 Å². The number of amides is 1. The molecule has 0 radical (unpaired) electrons. The normalized spacial score (nSPS) is 34.6. The zero-order valence-corrected chi connectivity index (χ0v) is 10.6. The van der Waals surface area contributed by atoms with Gasteiger partial charge in [0.05, 0.1) is 5.41 Å². The third-order valence-electron chi connectivity index (χ3n) is 4.52. The van der Waals surface area contributed by atoms with Crippen LogP contribution in [0.4, 0.5) is 0 Å². The molecule has 3 nitrogen and oxygen atoms in total. The highest BCUT2D eigenvalue weighted by Gasteiger charge is 2.43. The van der Waals surface area contributed by atoms with E-state index in [1.807, 2.05) is 0 Å². The second kappa shape index (κ2) is 4.74. The molecule has 0 aliphatic carbocycles. The fourth-order valence-corrected chi connectivity index (χ4v) is 3.07. The van der Waals surface area contributed by atoms with Gasteiger partial charge in [-0.25, -0.2) is 0 Å². The fraction of sp³-hybridized carbons (Fsp3) is 0.923. The maximum atomic E-state index is 12.5. The zero-order chi connectivity index (χ0) is 11.6. The molecule has 2 aliphatic rings. The Labute approximate surface area is 98.6 Å². The van der Waals surface area contributed by atoms with Gasteiger partial charge in [0.2, 0.25) is 5.91 Å². The summed E-state index contributed by atoms with van der Waals surface area (Å²) >= 11 is 0. The summed E-state index contributed by atoms with van der Waals surface area (Å²) in [6.45, 7) is 8.25. The van der Waals surface area contributed by atoms with Crippen molar-refractivity contribution in [1.82, 2.24) is 10.2 Å². The van der Waals surface area contributed by atoms with Crippen LogP contribution in [-0.2, 0) is 4.79 Å². The summed E-state index contributed by atoms with van der Waals surface area (Å²) in [7, 11) is 0. The molecule has 2 heterocycles. The number of hydrogen-bond donors (Lipinski definition) is 1. The van der Waals surface area contributed by atoms with E-state index in [1.165, 1.54) is 12.8 Å². The van der Waals surface area contributed by atoms with E-state index < -0.39 is 0 Å². The molecule has 0 saturated carbocycles. The largest absolute Gasteiger partial charge is 0.342 e. The van der Waals surface area contributed by atoms with Gasteiger partial charge >= 0.3 is 0 Å². The second-order valence-electron chi connectivity index (χ2n) is 5.37. The predicted octanol–water partition coefficient (Wildman–Crippen LogP) is 1.63. The number of nitrogens with one attached hydrogen (secondary N) is 1. The highest BCUT2D eigenvalue weighted by molar-refractivity contribution is 5.83. The molecule has 2 aliphatic heterocycles. The maximum absolute atomic E-state index is 12.5. The smallest absolute Gasteiger partial charge is 0.230 e. The van der Waals surface area contributed by atoms with Crippen molar-refractivity contribution in [3.8, 4) is 0 Å². The molecule has 1 N–H and O–H groups in total. The Morgan fingerprint density at radius 3 is 2.81 bits per heavy atom. The van der Waals surface area contributed by atoms with Gasteiger partial charge in [0.25, 0.3) is 0 Å². The summed E-state index contributed by atoms with van der Waals surface area (Å²) in [5.41, 5.74) is -0.0807. The molecule has 3 heteroatoms. The fourth-order valence-electron chi connectivity index (χ4n) is 3.07. The number of likely N-dealkylation sites (tertiary alicyclic amines) is 1. The van der Waals surface area contributed by atoms with Crippen LogP contribution in [0.5, 0.6) is 0 Å². The zero-order valence-electron chi connectivity index (χ0n) is 10.6. The molecule has 16 heavy (non-hydrogen) atoms. The lowest BCUT2D eigenvalue weighted by atomic mass is 9.83. The van der Waals surface area contributed by atoms with Crippen molar-refractivity contribution in [3.05, 3.63) is 0 Å². The second-order valence-corrected chi connectivity index (χ2v) is 5.37. The van der Waals surface area contributed by atoms with Crippen molar-refractivity contribution in [3.63, 3.8) is 0 Å². The van der Waals surface area contributed by atoms with Crippen LogP contribution in [0.15, 0.2) is 0 Å². The average molecular weight is 224 g/mol. The highest BCUT2D eigenvalue weighted by Crippen LogP contribution is 2.34. The van der Waals surface area contributed by atoms with Gasteiger partial charge < -0.3 is 10.2 Å². The van der Waals surface area contributed by atoms with Gasteiger partial charge in [-0.1, -0.05) is 20.3 Å². The van der Waals surface area contributed by atoms with Crippen molar-refractivity contribution in [2.75, 3.05) is 26.2 Å². The number of rotatable bonds is 3. The number of nitrogens with zero attached hydrogens (tertiary/aromatic N) is 1. The minimum Gasteiger partial charge on any atom is -0.342 e. The van der Waals surface area contributed by atoms with Crippen molar-refractivity contribution in [2.45, 2.75) is 39.5 Å². The molecule has 2 rings (SSSR count). The molecule has 0 aromatic carbocycles. The Morgan fingerprint density at radius 2 is 2.31 bits per heavy atom. The first-order valence-corrected chi connectivity index (χ1v) is 6.72. The number of carbonyl (C=O) groups is 1. The maximum Gasteiger partial charge on any atom is 0.230 e. The molecule has 2 unspecified atom stereocenters. The summed E-state index contributed by atoms with van der Waals surface area (Å²) < 4.78 is 0. The highest BCUT2D eigenvalue weighted by atomic mass is 16.2. The van der Waals surface area contributed by atoms with Crippen LogP contribution in [-0.4, -0.2) is 37.0 Å². The van der Waals surface area contributed by atoms with E-state index in [-0.39, 0.29) is 5.41 Å². The summed E-state index contributed by atoms with van der Waals surface area (Å²) in [5.74, 6) is 1.16. The van der Waals surface area contributed by atoms with Gasteiger partial charge in [0.15, 0.2) is 0 Å². The SMILES string of the molecule is CCC1CCN(C(=O)C2(CC)CCNC2)C1. The van der Waals surface area contributed by atoms with Crippen LogP contribution >= 0.6 is 0 Å². The van der Waals surface area contributed by atoms with Crippen LogP contribution in [0.25, 0.3) is 0 Å². The standard InChI is InChI=1S/C13H24N2O/c1-3-11-5-8-15(9-11)12(16)13(4-2)6-7-14-10-13/h11,14H,3-10H2,1-2H3. The third-order valence-corrected chi connectivity index (χ3v) is 4.52. The topological polar surface area (TPSA) is 32.3 Å². The Morgan fingerprint density at radius 1 is 1.50 bits per heavy atom. The lowest BCUT2D eigenvalue weighted by molar-refractivity contribution is -0.140. The van der Waals surface area contributed by atoms with Gasteiger partial charge in [-0.05, 0) is 31.7 Å². The monoisotopic (exact) mass is 224 g/mol. The molecule has 0 aromatic rings. The summed E-state index contributed by atoms with van der Waals surface area (Å²) in [6.07, 6.45) is 4.42. The summed E-state index contributed by atoms with van der Waals surface area (Å²) in [5, 5.41) is 3.35. The predicted molar refractivity (Wildman–Crippen MR) is 65.2 cm³/mol. The molecule has 0 aromatic heterocycles. The minimum atomic E-state index is -0.0807. The van der Waals surface area contributed by atoms with Crippen LogP contribution in [0.1, 0.15) is 39.5 Å². The van der Waals surface area contributed by atoms with E-state index in [1.54, 1.807) is 0 Å². The first-order chi connectivity index (χ1) is 7.72. The minimum absolute atomic E-state index is 0.0807. The lowest BCUT2D eigenvalue weighted by Crippen LogP contribution is -2.44. The summed E-state index contributed by atoms with van der Waals surface area (Å²) in [4.78, 5) is 14.7. The molecule has 0 spiro atoms. The van der Waals surface area contributed by atoms with Crippen molar-refractivity contribution < 1.29 is 4.79 Å². The van der Waals surface area contributed by atoms with Gasteiger partial charge in [-0.3, -0.25) is 4.79 Å². The molecule has 2 atom stereocenters. The Bertz CT molecular complexity index is 259. The van der Waals surface area contributed by atoms with Gasteiger partial charge in [0.1, 0.15) is 0 Å². The first kappa shape index (κ1) is 11.9. The molecule has 0 bridgehead atoms. The quantitative estimate of drug-likeness (QED) is 0.790. The molecule has 1 amide bonds. The summed E-state index contributed by atoms with van der Waals surface area (Å²) in [6, 6.07) is 0. The lowest BCUT2D eigenvalue weighted by Gasteiger charge is -2.30. The van der Waals surface area contributed by atoms with Gasteiger partial charge in [-0.15, -0.1) is 0 Å². The molecule has 2 fully saturated rings. The van der Waals surface area contributed by atoms with Crippen LogP contribution in [0, 0.1) is 11.3 Å². The van der Waals surface area contributed by atoms with Gasteiger partial charge in [0, 0.05) is 19.6 Å². The Kier molecular flexibility index (Phi) is 3.53. The molecular weight excluding hydrogens is 200 g/mol. The Hall–Kier alpha value is -0.570. The van der Waals surface area contributed by atoms with E-state index in [2.05, 4.69) is 24.1 Å².